The molecule has 33 heavy (non-hydrogen) atoms. The predicted octanol–water partition coefficient (Wildman–Crippen LogP) is 2.87. The first-order valence-corrected chi connectivity index (χ1v) is 11.0. The SMILES string of the molecule is CNc1nc2cc(-c3ccc4ncc(N5CCN(C(=O)C(C)(C)N)CC5)cc4n3)ccc2o1. The van der Waals surface area contributed by atoms with Crippen LogP contribution in [0.4, 0.5) is 11.7 Å². The van der Waals surface area contributed by atoms with E-state index in [0.717, 1.165) is 52.2 Å². The van der Waals surface area contributed by atoms with Crippen LogP contribution in [0.1, 0.15) is 13.8 Å². The lowest BCUT2D eigenvalue weighted by molar-refractivity contribution is -0.136. The van der Waals surface area contributed by atoms with Gasteiger partial charge in [-0.2, -0.15) is 4.98 Å². The summed E-state index contributed by atoms with van der Waals surface area (Å²) in [5.74, 6) is -0.0176. The van der Waals surface area contributed by atoms with Crippen molar-refractivity contribution in [2.75, 3.05) is 43.4 Å². The molecule has 0 aliphatic carbocycles. The van der Waals surface area contributed by atoms with Crippen molar-refractivity contribution in [1.82, 2.24) is 19.9 Å². The maximum Gasteiger partial charge on any atom is 0.295 e. The van der Waals surface area contributed by atoms with Crippen LogP contribution < -0.4 is 16.0 Å². The average molecular weight is 446 g/mol. The highest BCUT2D eigenvalue weighted by Crippen LogP contribution is 2.27. The fourth-order valence-electron chi connectivity index (χ4n) is 4.10. The molecule has 1 fully saturated rings. The van der Waals surface area contributed by atoms with Crippen LogP contribution in [0.25, 0.3) is 33.4 Å². The number of nitrogens with two attached hydrogens (primary N) is 1. The predicted molar refractivity (Wildman–Crippen MR) is 129 cm³/mol. The number of rotatable bonds is 4. The minimum Gasteiger partial charge on any atom is -0.424 e. The molecule has 4 aromatic rings. The molecule has 5 rings (SSSR count). The Labute approximate surface area is 191 Å². The van der Waals surface area contributed by atoms with Crippen LogP contribution in [0.2, 0.25) is 0 Å². The van der Waals surface area contributed by atoms with Crippen molar-refractivity contribution < 1.29 is 9.21 Å². The highest BCUT2D eigenvalue weighted by molar-refractivity contribution is 5.86. The largest absolute Gasteiger partial charge is 0.424 e. The Morgan fingerprint density at radius 3 is 2.55 bits per heavy atom. The smallest absolute Gasteiger partial charge is 0.295 e. The van der Waals surface area contributed by atoms with Crippen molar-refractivity contribution in [3.63, 3.8) is 0 Å². The van der Waals surface area contributed by atoms with Crippen LogP contribution in [0.15, 0.2) is 47.0 Å². The van der Waals surface area contributed by atoms with Gasteiger partial charge in [0.25, 0.3) is 6.01 Å². The van der Waals surface area contributed by atoms with Crippen molar-refractivity contribution in [3.8, 4) is 11.3 Å². The Balaban J connectivity index is 1.39. The number of nitrogens with zero attached hydrogens (tertiary/aromatic N) is 5. The topological polar surface area (TPSA) is 113 Å². The number of oxazole rings is 1. The monoisotopic (exact) mass is 445 g/mol. The third kappa shape index (κ3) is 4.07. The first-order valence-electron chi connectivity index (χ1n) is 11.0. The maximum atomic E-state index is 12.5. The molecule has 1 aliphatic rings. The first-order chi connectivity index (χ1) is 15.8. The number of benzene rings is 1. The van der Waals surface area contributed by atoms with E-state index in [1.165, 1.54) is 0 Å². The summed E-state index contributed by atoms with van der Waals surface area (Å²) in [6, 6.07) is 12.3. The molecule has 0 saturated carbocycles. The lowest BCUT2D eigenvalue weighted by Crippen LogP contribution is -2.57. The Morgan fingerprint density at radius 2 is 1.82 bits per heavy atom. The molecule has 9 heteroatoms. The number of anilines is 2. The van der Waals surface area contributed by atoms with Gasteiger partial charge in [-0.3, -0.25) is 9.78 Å². The molecule has 9 nitrogen and oxygen atoms in total. The number of fused-ring (bicyclic) bond motifs is 2. The standard InChI is InChI=1S/C24H27N7O2/c1-24(2,25)22(32)31-10-8-30(9-11-31)16-13-19-18(27-14-16)6-5-17(28-19)15-4-7-21-20(12-15)29-23(26-3)33-21/h4-7,12-14H,8-11,25H2,1-3H3,(H,26,29). The van der Waals surface area contributed by atoms with Gasteiger partial charge >= 0.3 is 0 Å². The van der Waals surface area contributed by atoms with E-state index in [0.29, 0.717) is 19.1 Å². The highest BCUT2D eigenvalue weighted by Gasteiger charge is 2.30. The molecule has 0 spiro atoms. The van der Waals surface area contributed by atoms with Gasteiger partial charge in [-0.15, -0.1) is 0 Å². The number of pyridine rings is 2. The number of hydrogen-bond donors (Lipinski definition) is 2. The van der Waals surface area contributed by atoms with Crippen molar-refractivity contribution in [2.24, 2.45) is 5.73 Å². The molecule has 1 aromatic carbocycles. The van der Waals surface area contributed by atoms with Gasteiger partial charge in [-0.05, 0) is 50.2 Å². The summed E-state index contributed by atoms with van der Waals surface area (Å²) < 4.78 is 5.61. The van der Waals surface area contributed by atoms with E-state index in [9.17, 15) is 4.79 Å². The second kappa shape index (κ2) is 8.00. The minimum absolute atomic E-state index is 0.0176. The third-order valence-electron chi connectivity index (χ3n) is 5.90. The minimum atomic E-state index is -0.851. The molecule has 0 radical (unpaired) electrons. The molecule has 3 N–H and O–H groups in total. The van der Waals surface area contributed by atoms with E-state index in [4.69, 9.17) is 15.1 Å². The molecular formula is C24H27N7O2. The Morgan fingerprint density at radius 1 is 1.03 bits per heavy atom. The van der Waals surface area contributed by atoms with Crippen molar-refractivity contribution in [2.45, 2.75) is 19.4 Å². The molecule has 0 bridgehead atoms. The summed E-state index contributed by atoms with van der Waals surface area (Å²) in [6.07, 6.45) is 1.87. The number of carbonyl (C=O) groups excluding carboxylic acids is 1. The summed E-state index contributed by atoms with van der Waals surface area (Å²) in [7, 11) is 1.78. The van der Waals surface area contributed by atoms with Gasteiger partial charge in [-0.1, -0.05) is 0 Å². The van der Waals surface area contributed by atoms with E-state index < -0.39 is 5.54 Å². The quantitative estimate of drug-likeness (QED) is 0.493. The molecule has 1 amide bonds. The van der Waals surface area contributed by atoms with Crippen molar-refractivity contribution in [3.05, 3.63) is 42.6 Å². The second-order valence-electron chi connectivity index (χ2n) is 8.88. The van der Waals surface area contributed by atoms with Gasteiger partial charge in [0.2, 0.25) is 5.91 Å². The molecule has 4 heterocycles. The lowest BCUT2D eigenvalue weighted by atomic mass is 10.0. The van der Waals surface area contributed by atoms with Crippen LogP contribution >= 0.6 is 0 Å². The fourth-order valence-corrected chi connectivity index (χ4v) is 4.10. The number of nitrogens with one attached hydrogen (secondary N) is 1. The number of aromatic nitrogens is 3. The van der Waals surface area contributed by atoms with Crippen LogP contribution in [0.3, 0.4) is 0 Å². The summed E-state index contributed by atoms with van der Waals surface area (Å²) >= 11 is 0. The Hall–Kier alpha value is -3.72. The number of amides is 1. The molecule has 1 saturated heterocycles. The fraction of sp³-hybridized carbons (Fsp3) is 0.333. The molecule has 0 unspecified atom stereocenters. The van der Waals surface area contributed by atoms with E-state index in [-0.39, 0.29) is 5.91 Å². The average Bonchev–Trinajstić information content (AvgIpc) is 3.25. The van der Waals surface area contributed by atoms with Crippen LogP contribution in [0.5, 0.6) is 0 Å². The molecular weight excluding hydrogens is 418 g/mol. The molecule has 3 aromatic heterocycles. The summed E-state index contributed by atoms with van der Waals surface area (Å²) in [5.41, 5.74) is 11.1. The number of hydrogen-bond acceptors (Lipinski definition) is 8. The molecule has 1 aliphatic heterocycles. The zero-order valence-corrected chi connectivity index (χ0v) is 19.0. The second-order valence-corrected chi connectivity index (χ2v) is 8.88. The van der Waals surface area contributed by atoms with Gasteiger partial charge in [0.15, 0.2) is 5.58 Å². The van der Waals surface area contributed by atoms with Crippen LogP contribution in [0, 0.1) is 0 Å². The van der Waals surface area contributed by atoms with E-state index in [1.54, 1.807) is 20.9 Å². The van der Waals surface area contributed by atoms with Gasteiger partial charge in [-0.25, -0.2) is 4.98 Å². The zero-order valence-electron chi connectivity index (χ0n) is 19.0. The molecule has 0 atom stereocenters. The van der Waals surface area contributed by atoms with E-state index >= 15 is 0 Å². The summed E-state index contributed by atoms with van der Waals surface area (Å²) in [6.45, 7) is 6.22. The third-order valence-corrected chi connectivity index (χ3v) is 5.90. The van der Waals surface area contributed by atoms with E-state index in [1.807, 2.05) is 41.4 Å². The van der Waals surface area contributed by atoms with Crippen LogP contribution in [-0.4, -0.2) is 64.5 Å². The van der Waals surface area contributed by atoms with Gasteiger partial charge < -0.3 is 25.3 Å². The normalized spacial score (nSPS) is 14.8. The lowest BCUT2D eigenvalue weighted by Gasteiger charge is -2.38. The van der Waals surface area contributed by atoms with E-state index in [2.05, 4.69) is 26.3 Å². The number of piperazine rings is 1. The Kier molecular flexibility index (Phi) is 5.13. The van der Waals surface area contributed by atoms with Crippen molar-refractivity contribution in [1.29, 1.82) is 0 Å². The maximum absolute atomic E-state index is 12.5. The molecule has 170 valence electrons. The van der Waals surface area contributed by atoms with Gasteiger partial charge in [0.1, 0.15) is 5.52 Å². The first kappa shape index (κ1) is 21.1. The highest BCUT2D eigenvalue weighted by atomic mass is 16.4. The summed E-state index contributed by atoms with van der Waals surface area (Å²) in [4.78, 5) is 30.4. The van der Waals surface area contributed by atoms with Crippen LogP contribution in [-0.2, 0) is 4.79 Å². The van der Waals surface area contributed by atoms with Gasteiger partial charge in [0.05, 0.1) is 34.2 Å². The van der Waals surface area contributed by atoms with Gasteiger partial charge in [0, 0.05) is 38.8 Å². The summed E-state index contributed by atoms with van der Waals surface area (Å²) in [5, 5.41) is 2.92. The van der Waals surface area contributed by atoms with Crippen molar-refractivity contribution >= 4 is 39.7 Å². The Bertz CT molecular complexity index is 1330. The zero-order chi connectivity index (χ0) is 23.2. The number of carbonyl (C=O) groups is 1.